The van der Waals surface area contributed by atoms with Crippen molar-refractivity contribution in [2.45, 2.75) is 24.7 Å². The van der Waals surface area contributed by atoms with Crippen LogP contribution < -0.4 is 9.47 Å². The Morgan fingerprint density at radius 3 is 1.83 bits per heavy atom. The van der Waals surface area contributed by atoms with Gasteiger partial charge in [0.05, 0.1) is 26.5 Å². The van der Waals surface area contributed by atoms with Crippen molar-refractivity contribution in [2.24, 2.45) is 7.05 Å². The van der Waals surface area contributed by atoms with Crippen LogP contribution in [-0.4, -0.2) is 68.9 Å². The van der Waals surface area contributed by atoms with E-state index in [1.54, 1.807) is 39.1 Å². The zero-order valence-electron chi connectivity index (χ0n) is 21.0. The Kier molecular flexibility index (Phi) is 9.27. The molecule has 0 unspecified atom stereocenters. The largest absolute Gasteiger partial charge is 0.497 e. The average Bonchev–Trinajstić information content (AvgIpc) is 3.23. The van der Waals surface area contributed by atoms with Crippen LogP contribution in [-0.2, 0) is 41.4 Å². The number of sulfonamides is 1. The maximum atomic E-state index is 13.8. The van der Waals surface area contributed by atoms with E-state index >= 15 is 0 Å². The van der Waals surface area contributed by atoms with Crippen molar-refractivity contribution in [3.05, 3.63) is 71.4 Å². The SMILES string of the molecule is COCCN(C)Cc1cc(S(=O)(=O)N(Cc2ccc(OC)cc2)Cc2ccc(OC)cc2)nn1C. The molecule has 0 N–H and O–H groups in total. The average molecular weight is 503 g/mol. The van der Waals surface area contributed by atoms with Crippen molar-refractivity contribution in [1.29, 1.82) is 0 Å². The first-order valence-corrected chi connectivity index (χ1v) is 12.7. The van der Waals surface area contributed by atoms with Gasteiger partial charge in [-0.15, -0.1) is 0 Å². The van der Waals surface area contributed by atoms with Crippen molar-refractivity contribution >= 4 is 10.0 Å². The molecule has 0 aliphatic carbocycles. The van der Waals surface area contributed by atoms with E-state index in [0.29, 0.717) is 24.7 Å². The molecule has 0 fully saturated rings. The molecular weight excluding hydrogens is 468 g/mol. The van der Waals surface area contributed by atoms with E-state index in [1.807, 2.05) is 55.6 Å². The van der Waals surface area contributed by atoms with Gasteiger partial charge < -0.3 is 14.2 Å². The number of rotatable bonds is 13. The molecule has 9 nitrogen and oxygen atoms in total. The fourth-order valence-electron chi connectivity index (χ4n) is 3.58. The molecule has 0 aliphatic heterocycles. The lowest BCUT2D eigenvalue weighted by molar-refractivity contribution is 0.157. The van der Waals surface area contributed by atoms with Crippen molar-refractivity contribution in [1.82, 2.24) is 19.0 Å². The molecule has 0 aliphatic rings. The molecule has 0 atom stereocenters. The molecule has 0 radical (unpaired) electrons. The van der Waals surface area contributed by atoms with Gasteiger partial charge in [-0.2, -0.15) is 9.40 Å². The lowest BCUT2D eigenvalue weighted by Crippen LogP contribution is -2.30. The monoisotopic (exact) mass is 502 g/mol. The number of likely N-dealkylation sites (N-methyl/N-ethyl adjacent to an activating group) is 1. The van der Waals surface area contributed by atoms with Gasteiger partial charge in [0.1, 0.15) is 11.5 Å². The van der Waals surface area contributed by atoms with E-state index in [2.05, 4.69) is 10.00 Å². The Morgan fingerprint density at radius 2 is 1.37 bits per heavy atom. The van der Waals surface area contributed by atoms with Crippen molar-refractivity contribution in [2.75, 3.05) is 41.5 Å². The lowest BCUT2D eigenvalue weighted by atomic mass is 10.2. The summed E-state index contributed by atoms with van der Waals surface area (Å²) in [5, 5.41) is 4.39. The molecule has 1 aromatic heterocycles. The smallest absolute Gasteiger partial charge is 0.262 e. The summed E-state index contributed by atoms with van der Waals surface area (Å²) in [5.41, 5.74) is 2.49. The highest BCUT2D eigenvalue weighted by Crippen LogP contribution is 2.23. The number of methoxy groups -OCH3 is 3. The van der Waals surface area contributed by atoms with Crippen LogP contribution in [0.3, 0.4) is 0 Å². The zero-order valence-corrected chi connectivity index (χ0v) is 21.8. The molecule has 0 amide bonds. The molecule has 3 aromatic rings. The summed E-state index contributed by atoms with van der Waals surface area (Å²) in [4.78, 5) is 2.06. The quantitative estimate of drug-likeness (QED) is 0.355. The summed E-state index contributed by atoms with van der Waals surface area (Å²) in [6, 6.07) is 16.4. The van der Waals surface area contributed by atoms with Gasteiger partial charge in [-0.3, -0.25) is 9.58 Å². The number of nitrogens with zero attached hydrogens (tertiary/aromatic N) is 4. The van der Waals surface area contributed by atoms with Gasteiger partial charge in [0.2, 0.25) is 0 Å². The van der Waals surface area contributed by atoms with Crippen LogP contribution in [0, 0.1) is 0 Å². The standard InChI is InChI=1S/C25H34N4O5S/c1-27(14-15-32-3)19-22-16-25(26-28(22)2)35(30,31)29(17-20-6-10-23(33-4)11-7-20)18-21-8-12-24(34-5)13-9-21/h6-13,16H,14-15,17-19H2,1-5H3. The summed E-state index contributed by atoms with van der Waals surface area (Å²) < 4.78 is 46.2. The molecule has 190 valence electrons. The highest BCUT2D eigenvalue weighted by molar-refractivity contribution is 7.89. The minimum absolute atomic E-state index is 0.0252. The second-order valence-corrected chi connectivity index (χ2v) is 10.2. The van der Waals surface area contributed by atoms with Gasteiger partial charge in [0.25, 0.3) is 10.0 Å². The van der Waals surface area contributed by atoms with Gasteiger partial charge in [-0.25, -0.2) is 8.42 Å². The fraction of sp³-hybridized carbons (Fsp3) is 0.400. The van der Waals surface area contributed by atoms with Gasteiger partial charge in [-0.1, -0.05) is 24.3 Å². The number of hydrogen-bond donors (Lipinski definition) is 0. The molecule has 35 heavy (non-hydrogen) atoms. The Bertz CT molecular complexity index is 1130. The van der Waals surface area contributed by atoms with E-state index in [1.165, 1.54) is 4.31 Å². The summed E-state index contributed by atoms with van der Waals surface area (Å²) in [6.45, 7) is 2.26. The Hall–Kier alpha value is -2.92. The van der Waals surface area contributed by atoms with Crippen LogP contribution in [0.25, 0.3) is 0 Å². The lowest BCUT2D eigenvalue weighted by Gasteiger charge is -2.21. The third kappa shape index (κ3) is 7.04. The molecule has 0 spiro atoms. The van der Waals surface area contributed by atoms with Gasteiger partial charge >= 0.3 is 0 Å². The number of hydrogen-bond acceptors (Lipinski definition) is 7. The fourth-order valence-corrected chi connectivity index (χ4v) is 4.99. The predicted molar refractivity (Wildman–Crippen MR) is 134 cm³/mol. The van der Waals surface area contributed by atoms with E-state index in [-0.39, 0.29) is 18.1 Å². The van der Waals surface area contributed by atoms with E-state index < -0.39 is 10.0 Å². The minimum Gasteiger partial charge on any atom is -0.497 e. The maximum absolute atomic E-state index is 13.8. The third-order valence-electron chi connectivity index (χ3n) is 5.70. The Labute approximate surface area is 207 Å². The first kappa shape index (κ1) is 26.7. The number of aromatic nitrogens is 2. The second kappa shape index (κ2) is 12.2. The predicted octanol–water partition coefficient (Wildman–Crippen LogP) is 2.91. The number of aryl methyl sites for hydroxylation is 1. The molecule has 2 aromatic carbocycles. The highest BCUT2D eigenvalue weighted by atomic mass is 32.2. The van der Waals surface area contributed by atoms with Gasteiger partial charge in [-0.05, 0) is 42.4 Å². The van der Waals surface area contributed by atoms with E-state index in [4.69, 9.17) is 14.2 Å². The normalized spacial score (nSPS) is 11.9. The summed E-state index contributed by atoms with van der Waals surface area (Å²) in [7, 11) is 4.68. The van der Waals surface area contributed by atoms with Crippen LogP contribution in [0.1, 0.15) is 16.8 Å². The first-order chi connectivity index (χ1) is 16.8. The van der Waals surface area contributed by atoms with Crippen LogP contribution in [0.4, 0.5) is 0 Å². The Balaban J connectivity index is 1.90. The van der Waals surface area contributed by atoms with E-state index in [0.717, 1.165) is 23.4 Å². The molecule has 0 bridgehead atoms. The summed E-state index contributed by atoms with van der Waals surface area (Å²) >= 11 is 0. The molecule has 10 heteroatoms. The van der Waals surface area contributed by atoms with Crippen LogP contribution in [0.5, 0.6) is 11.5 Å². The second-order valence-electron chi connectivity index (χ2n) is 8.30. The topological polar surface area (TPSA) is 86.1 Å². The molecule has 1 heterocycles. The van der Waals surface area contributed by atoms with Crippen LogP contribution >= 0.6 is 0 Å². The molecule has 0 saturated carbocycles. The first-order valence-electron chi connectivity index (χ1n) is 11.2. The third-order valence-corrected chi connectivity index (χ3v) is 7.37. The molecule has 0 saturated heterocycles. The molecular formula is C25H34N4O5S. The van der Waals surface area contributed by atoms with Crippen LogP contribution in [0.2, 0.25) is 0 Å². The summed E-state index contributed by atoms with van der Waals surface area (Å²) in [6.07, 6.45) is 0. The van der Waals surface area contributed by atoms with Crippen molar-refractivity contribution in [3.63, 3.8) is 0 Å². The highest BCUT2D eigenvalue weighted by Gasteiger charge is 2.28. The maximum Gasteiger partial charge on any atom is 0.262 e. The van der Waals surface area contributed by atoms with E-state index in [9.17, 15) is 8.42 Å². The molecule has 3 rings (SSSR count). The van der Waals surface area contributed by atoms with Crippen molar-refractivity contribution in [3.8, 4) is 11.5 Å². The van der Waals surface area contributed by atoms with Crippen LogP contribution in [0.15, 0.2) is 59.6 Å². The minimum atomic E-state index is -3.89. The number of ether oxygens (including phenoxy) is 3. The van der Waals surface area contributed by atoms with Gasteiger partial charge in [0, 0.05) is 46.4 Å². The summed E-state index contributed by atoms with van der Waals surface area (Å²) in [5.74, 6) is 1.43. The van der Waals surface area contributed by atoms with Gasteiger partial charge in [0.15, 0.2) is 5.03 Å². The van der Waals surface area contributed by atoms with Crippen molar-refractivity contribution < 1.29 is 22.6 Å². The Morgan fingerprint density at radius 1 is 0.857 bits per heavy atom. The number of benzene rings is 2. The zero-order chi connectivity index (χ0) is 25.4.